The highest BCUT2D eigenvalue weighted by molar-refractivity contribution is 5.98. The molecule has 184 valence electrons. The first-order valence-electron chi connectivity index (χ1n) is 12.8. The van der Waals surface area contributed by atoms with Crippen molar-refractivity contribution in [1.29, 1.82) is 0 Å². The van der Waals surface area contributed by atoms with Gasteiger partial charge < -0.3 is 9.47 Å². The SMILES string of the molecule is COc1ccc(C2=CC(=O)N3C=C(C4=CCN(C5CCC5)CC4)C=C(C)C3=CCC2C)cc1OC. The van der Waals surface area contributed by atoms with E-state index >= 15 is 0 Å². The van der Waals surface area contributed by atoms with Crippen LogP contribution in [0.3, 0.4) is 0 Å². The van der Waals surface area contributed by atoms with Gasteiger partial charge in [0, 0.05) is 37.1 Å². The van der Waals surface area contributed by atoms with Crippen molar-refractivity contribution in [2.24, 2.45) is 5.92 Å². The lowest BCUT2D eigenvalue weighted by Crippen LogP contribution is -2.42. The van der Waals surface area contributed by atoms with Crippen molar-refractivity contribution in [3.63, 3.8) is 0 Å². The van der Waals surface area contributed by atoms with Crippen molar-refractivity contribution in [3.8, 4) is 11.5 Å². The van der Waals surface area contributed by atoms with Crippen molar-refractivity contribution in [2.75, 3.05) is 27.3 Å². The van der Waals surface area contributed by atoms with E-state index in [0.29, 0.717) is 11.5 Å². The van der Waals surface area contributed by atoms with E-state index in [2.05, 4.69) is 37.0 Å². The van der Waals surface area contributed by atoms with E-state index in [-0.39, 0.29) is 11.8 Å². The standard InChI is InChI=1S/C30H36N2O3/c1-20-8-10-27-21(2)16-24(22-12-14-31(15-13-22)25-6-5-7-25)19-32(27)30(33)18-26(20)23-9-11-28(34-3)29(17-23)35-4/h9-12,16-20,25H,5-8,13-15H2,1-4H3. The van der Waals surface area contributed by atoms with E-state index in [4.69, 9.17) is 9.47 Å². The topological polar surface area (TPSA) is 42.0 Å². The van der Waals surface area contributed by atoms with Gasteiger partial charge in [-0.2, -0.15) is 0 Å². The van der Waals surface area contributed by atoms with Gasteiger partial charge in [0.25, 0.3) is 5.91 Å². The summed E-state index contributed by atoms with van der Waals surface area (Å²) in [6.07, 6.45) is 16.6. The summed E-state index contributed by atoms with van der Waals surface area (Å²) in [7, 11) is 3.27. The molecule has 1 fully saturated rings. The molecule has 0 radical (unpaired) electrons. The number of benzene rings is 1. The lowest BCUT2D eigenvalue weighted by Gasteiger charge is -2.39. The molecule has 5 rings (SSSR count). The molecule has 5 nitrogen and oxygen atoms in total. The molecule has 1 unspecified atom stereocenters. The van der Waals surface area contributed by atoms with Crippen LogP contribution in [0.2, 0.25) is 0 Å². The summed E-state index contributed by atoms with van der Waals surface area (Å²) >= 11 is 0. The zero-order chi connectivity index (χ0) is 24.5. The monoisotopic (exact) mass is 472 g/mol. The zero-order valence-electron chi connectivity index (χ0n) is 21.3. The number of fused-ring (bicyclic) bond motifs is 1. The summed E-state index contributed by atoms with van der Waals surface area (Å²) in [5.41, 5.74) is 6.66. The highest BCUT2D eigenvalue weighted by atomic mass is 16.5. The number of ether oxygens (including phenoxy) is 2. The molecule has 3 heterocycles. The minimum atomic E-state index is -0.00922. The van der Waals surface area contributed by atoms with Crippen LogP contribution in [0, 0.1) is 5.92 Å². The lowest BCUT2D eigenvalue weighted by atomic mass is 9.87. The fourth-order valence-electron chi connectivity index (χ4n) is 5.53. The van der Waals surface area contributed by atoms with E-state index in [1.807, 2.05) is 29.3 Å². The molecule has 1 amide bonds. The first-order chi connectivity index (χ1) is 17.0. The third kappa shape index (κ3) is 4.62. The Balaban J connectivity index is 1.44. The van der Waals surface area contributed by atoms with Crippen molar-refractivity contribution in [2.45, 2.75) is 52.0 Å². The molecule has 1 aromatic carbocycles. The first kappa shape index (κ1) is 23.7. The van der Waals surface area contributed by atoms with Crippen LogP contribution in [0.25, 0.3) is 5.57 Å². The molecule has 0 spiro atoms. The Morgan fingerprint density at radius 2 is 1.83 bits per heavy atom. The van der Waals surface area contributed by atoms with E-state index in [1.54, 1.807) is 20.3 Å². The largest absolute Gasteiger partial charge is 0.493 e. The summed E-state index contributed by atoms with van der Waals surface area (Å²) in [5.74, 6) is 1.54. The highest BCUT2D eigenvalue weighted by Crippen LogP contribution is 2.38. The summed E-state index contributed by atoms with van der Waals surface area (Å²) in [4.78, 5) is 18.1. The average molecular weight is 473 g/mol. The van der Waals surface area contributed by atoms with Gasteiger partial charge in [0.15, 0.2) is 11.5 Å². The van der Waals surface area contributed by atoms with Gasteiger partial charge in [-0.25, -0.2) is 0 Å². The summed E-state index contributed by atoms with van der Waals surface area (Å²) in [5, 5.41) is 0. The quantitative estimate of drug-likeness (QED) is 0.538. The molecule has 35 heavy (non-hydrogen) atoms. The number of carbonyl (C=O) groups is 1. The Hall–Kier alpha value is -3.05. The van der Waals surface area contributed by atoms with Gasteiger partial charge in [-0.3, -0.25) is 14.6 Å². The molecule has 0 saturated heterocycles. The number of hydrogen-bond donors (Lipinski definition) is 0. The number of amides is 1. The van der Waals surface area contributed by atoms with Gasteiger partial charge in [-0.05, 0) is 84.6 Å². The van der Waals surface area contributed by atoms with Gasteiger partial charge in [-0.1, -0.05) is 31.6 Å². The Bertz CT molecular complexity index is 1170. The maximum absolute atomic E-state index is 13.6. The molecule has 5 heteroatoms. The molecular formula is C30H36N2O3. The smallest absolute Gasteiger partial charge is 0.255 e. The van der Waals surface area contributed by atoms with Crippen LogP contribution in [0.15, 0.2) is 71.1 Å². The Labute approximate surface area is 209 Å². The molecule has 1 saturated carbocycles. The Morgan fingerprint density at radius 1 is 1.03 bits per heavy atom. The molecule has 0 aromatic heterocycles. The van der Waals surface area contributed by atoms with Crippen LogP contribution in [0.1, 0.15) is 51.5 Å². The van der Waals surface area contributed by atoms with Crippen molar-refractivity contribution < 1.29 is 14.3 Å². The lowest BCUT2D eigenvalue weighted by molar-refractivity contribution is -0.122. The molecule has 1 atom stereocenters. The predicted molar refractivity (Wildman–Crippen MR) is 140 cm³/mol. The normalized spacial score (nSPS) is 23.5. The third-order valence-corrected chi connectivity index (χ3v) is 7.94. The van der Waals surface area contributed by atoms with Crippen molar-refractivity contribution in [1.82, 2.24) is 9.80 Å². The van der Waals surface area contributed by atoms with Crippen LogP contribution in [0.5, 0.6) is 11.5 Å². The number of methoxy groups -OCH3 is 2. The maximum Gasteiger partial charge on any atom is 0.255 e. The molecule has 3 aliphatic heterocycles. The van der Waals surface area contributed by atoms with Gasteiger partial charge in [0.05, 0.1) is 14.2 Å². The maximum atomic E-state index is 13.6. The fourth-order valence-corrected chi connectivity index (χ4v) is 5.53. The molecule has 4 aliphatic rings. The average Bonchev–Trinajstić information content (AvgIpc) is 2.84. The second-order valence-electron chi connectivity index (χ2n) is 10.1. The molecule has 0 bridgehead atoms. The Kier molecular flexibility index (Phi) is 6.70. The van der Waals surface area contributed by atoms with Crippen LogP contribution in [0.4, 0.5) is 0 Å². The van der Waals surface area contributed by atoms with Crippen LogP contribution < -0.4 is 9.47 Å². The number of nitrogens with zero attached hydrogens (tertiary/aromatic N) is 2. The second kappa shape index (κ2) is 9.90. The predicted octanol–water partition coefficient (Wildman–Crippen LogP) is 5.87. The van der Waals surface area contributed by atoms with E-state index in [0.717, 1.165) is 60.0 Å². The van der Waals surface area contributed by atoms with Gasteiger partial charge in [0.1, 0.15) is 0 Å². The minimum Gasteiger partial charge on any atom is -0.493 e. The summed E-state index contributed by atoms with van der Waals surface area (Å²) in [6.45, 7) is 6.42. The first-order valence-corrected chi connectivity index (χ1v) is 12.8. The van der Waals surface area contributed by atoms with Gasteiger partial charge in [0.2, 0.25) is 0 Å². The van der Waals surface area contributed by atoms with Crippen molar-refractivity contribution >= 4 is 11.5 Å². The summed E-state index contributed by atoms with van der Waals surface area (Å²) < 4.78 is 10.9. The molecule has 1 aliphatic carbocycles. The van der Waals surface area contributed by atoms with Crippen LogP contribution >= 0.6 is 0 Å². The molecule has 0 N–H and O–H groups in total. The van der Waals surface area contributed by atoms with Gasteiger partial charge >= 0.3 is 0 Å². The van der Waals surface area contributed by atoms with Crippen LogP contribution in [-0.2, 0) is 4.79 Å². The molecular weight excluding hydrogens is 436 g/mol. The number of hydrogen-bond acceptors (Lipinski definition) is 4. The third-order valence-electron chi connectivity index (χ3n) is 7.94. The van der Waals surface area contributed by atoms with E-state index < -0.39 is 0 Å². The second-order valence-corrected chi connectivity index (χ2v) is 10.1. The number of allylic oxidation sites excluding steroid dienone is 5. The fraction of sp³-hybridized carbons (Fsp3) is 0.433. The zero-order valence-corrected chi connectivity index (χ0v) is 21.3. The van der Waals surface area contributed by atoms with E-state index in [1.165, 1.54) is 24.8 Å². The molecule has 1 aromatic rings. The number of carbonyl (C=O) groups excluding carboxylic acids is 1. The highest BCUT2D eigenvalue weighted by Gasteiger charge is 2.29. The van der Waals surface area contributed by atoms with Crippen LogP contribution in [-0.4, -0.2) is 49.1 Å². The summed E-state index contributed by atoms with van der Waals surface area (Å²) in [6, 6.07) is 6.65. The number of rotatable bonds is 5. The van der Waals surface area contributed by atoms with Crippen molar-refractivity contribution in [3.05, 3.63) is 76.7 Å². The Morgan fingerprint density at radius 3 is 2.49 bits per heavy atom. The van der Waals surface area contributed by atoms with Gasteiger partial charge in [-0.15, -0.1) is 0 Å². The minimum absolute atomic E-state index is 0.00922. The van der Waals surface area contributed by atoms with E-state index in [9.17, 15) is 4.79 Å².